The molecule has 0 bridgehead atoms. The summed E-state index contributed by atoms with van der Waals surface area (Å²) in [5, 5.41) is 26.5. The zero-order valence-corrected chi connectivity index (χ0v) is 22.2. The monoisotopic (exact) mass is 549 g/mol. The molecule has 38 heavy (non-hydrogen) atoms. The van der Waals surface area contributed by atoms with Gasteiger partial charge in [-0.05, 0) is 24.0 Å². The van der Waals surface area contributed by atoms with Crippen molar-refractivity contribution in [3.05, 3.63) is 36.0 Å². The van der Waals surface area contributed by atoms with E-state index in [1.807, 2.05) is 38.1 Å². The van der Waals surface area contributed by atoms with E-state index in [-0.39, 0.29) is 24.5 Å². The van der Waals surface area contributed by atoms with Crippen molar-refractivity contribution in [3.8, 4) is 0 Å². The molecular weight excluding hydrogens is 514 g/mol. The number of nitrogens with one attached hydrogen (secondary N) is 4. The summed E-state index contributed by atoms with van der Waals surface area (Å²) in [5.41, 5.74) is 7.67. The van der Waals surface area contributed by atoms with Gasteiger partial charge < -0.3 is 36.9 Å². The maximum atomic E-state index is 13.3. The second kappa shape index (κ2) is 14.4. The number of carboxylic acids is 2. The Morgan fingerprint density at radius 1 is 0.974 bits per heavy atom. The molecule has 0 spiro atoms. The predicted molar refractivity (Wildman–Crippen MR) is 144 cm³/mol. The number of thiol groups is 1. The van der Waals surface area contributed by atoms with E-state index in [4.69, 9.17) is 10.8 Å². The number of rotatable bonds is 15. The molecule has 0 aliphatic rings. The quantitative estimate of drug-likeness (QED) is 0.146. The van der Waals surface area contributed by atoms with Gasteiger partial charge in [-0.15, -0.1) is 0 Å². The van der Waals surface area contributed by atoms with Gasteiger partial charge in [0.25, 0.3) is 0 Å². The van der Waals surface area contributed by atoms with Crippen LogP contribution in [0.25, 0.3) is 10.9 Å². The highest BCUT2D eigenvalue weighted by molar-refractivity contribution is 7.80. The van der Waals surface area contributed by atoms with Gasteiger partial charge in [-0.2, -0.15) is 12.6 Å². The van der Waals surface area contributed by atoms with Crippen LogP contribution in [0.1, 0.15) is 38.7 Å². The van der Waals surface area contributed by atoms with Crippen molar-refractivity contribution in [1.82, 2.24) is 20.9 Å². The Kier molecular flexibility index (Phi) is 11.6. The maximum Gasteiger partial charge on any atom is 0.326 e. The predicted octanol–water partition coefficient (Wildman–Crippen LogP) is 0.417. The lowest BCUT2D eigenvalue weighted by Gasteiger charge is -2.25. The van der Waals surface area contributed by atoms with Crippen LogP contribution in [-0.2, 0) is 30.4 Å². The fourth-order valence-corrected chi connectivity index (χ4v) is 4.03. The highest BCUT2D eigenvalue weighted by Gasteiger charge is 2.31. The number of hydrogen-bond donors (Lipinski definition) is 8. The van der Waals surface area contributed by atoms with Crippen LogP contribution in [0.5, 0.6) is 0 Å². The number of amides is 3. The average Bonchev–Trinajstić information content (AvgIpc) is 3.30. The minimum absolute atomic E-state index is 0.0894. The largest absolute Gasteiger partial charge is 0.481 e. The molecular formula is C25H35N5O7S. The number of H-pyrrole nitrogens is 1. The zero-order chi connectivity index (χ0) is 28.4. The van der Waals surface area contributed by atoms with E-state index >= 15 is 0 Å². The topological polar surface area (TPSA) is 204 Å². The summed E-state index contributed by atoms with van der Waals surface area (Å²) < 4.78 is 0. The smallest absolute Gasteiger partial charge is 0.326 e. The lowest BCUT2D eigenvalue weighted by molar-refractivity contribution is -0.143. The summed E-state index contributed by atoms with van der Waals surface area (Å²) in [6.45, 7) is 3.72. The van der Waals surface area contributed by atoms with Gasteiger partial charge in [-0.25, -0.2) is 4.79 Å². The van der Waals surface area contributed by atoms with E-state index in [1.165, 1.54) is 0 Å². The van der Waals surface area contributed by atoms with Crippen molar-refractivity contribution in [2.75, 3.05) is 5.75 Å². The zero-order valence-electron chi connectivity index (χ0n) is 21.3. The van der Waals surface area contributed by atoms with E-state index in [1.54, 1.807) is 6.20 Å². The summed E-state index contributed by atoms with van der Waals surface area (Å²) in [7, 11) is 0. The summed E-state index contributed by atoms with van der Waals surface area (Å²) in [6, 6.07) is 2.78. The molecule has 0 radical (unpaired) electrons. The van der Waals surface area contributed by atoms with Gasteiger partial charge in [0.2, 0.25) is 17.7 Å². The van der Waals surface area contributed by atoms with Crippen molar-refractivity contribution in [3.63, 3.8) is 0 Å². The van der Waals surface area contributed by atoms with Crippen molar-refractivity contribution >= 4 is 53.2 Å². The summed E-state index contributed by atoms with van der Waals surface area (Å²) in [4.78, 5) is 64.3. The van der Waals surface area contributed by atoms with Crippen LogP contribution in [0.2, 0.25) is 0 Å². The molecule has 0 aliphatic heterocycles. The lowest BCUT2D eigenvalue weighted by Crippen LogP contribution is -2.58. The molecule has 1 aromatic heterocycles. The first kappa shape index (κ1) is 30.6. The molecule has 2 aromatic rings. The molecule has 0 saturated heterocycles. The third-order valence-corrected chi connectivity index (χ3v) is 6.73. The summed E-state index contributed by atoms with van der Waals surface area (Å²) in [6.07, 6.45) is 1.67. The van der Waals surface area contributed by atoms with E-state index < -0.39 is 60.2 Å². The van der Waals surface area contributed by atoms with Crippen LogP contribution in [0.4, 0.5) is 0 Å². The van der Waals surface area contributed by atoms with Gasteiger partial charge in [0, 0.05) is 35.7 Å². The molecule has 2 rings (SSSR count). The second-order valence-corrected chi connectivity index (χ2v) is 9.48. The molecule has 3 amide bonds. The molecule has 13 heteroatoms. The van der Waals surface area contributed by atoms with Crippen molar-refractivity contribution < 1.29 is 34.2 Å². The lowest BCUT2D eigenvalue weighted by atomic mass is 9.98. The van der Waals surface area contributed by atoms with Crippen LogP contribution in [0, 0.1) is 5.92 Å². The third kappa shape index (κ3) is 8.48. The number of carbonyl (C=O) groups excluding carboxylic acids is 3. The highest BCUT2D eigenvalue weighted by atomic mass is 32.1. The van der Waals surface area contributed by atoms with Gasteiger partial charge in [0.05, 0.1) is 6.04 Å². The highest BCUT2D eigenvalue weighted by Crippen LogP contribution is 2.19. The second-order valence-electron chi connectivity index (χ2n) is 9.11. The number of benzene rings is 1. The van der Waals surface area contributed by atoms with Crippen molar-refractivity contribution in [2.24, 2.45) is 11.7 Å². The molecule has 208 valence electrons. The normalized spacial score (nSPS) is 15.1. The fourth-order valence-electron chi connectivity index (χ4n) is 3.77. The Morgan fingerprint density at radius 3 is 2.18 bits per heavy atom. The number of carboxylic acid groups (broad SMARTS) is 2. The SMILES string of the molecule is CCC(C)C(N)C(=O)NC(Cc1c[nH]c2ccccc12)C(=O)NC(CS)C(=O)NC(CCC(=O)O)C(=O)O. The number of nitrogens with two attached hydrogens (primary N) is 1. The average molecular weight is 550 g/mol. The van der Waals surface area contributed by atoms with E-state index in [0.29, 0.717) is 6.42 Å². The molecule has 1 aromatic carbocycles. The number of hydrogen-bond acceptors (Lipinski definition) is 7. The molecule has 5 unspecified atom stereocenters. The number of aromatic amines is 1. The Hall–Kier alpha value is -3.58. The molecule has 0 aliphatic carbocycles. The number of fused-ring (bicyclic) bond motifs is 1. The van der Waals surface area contributed by atoms with Crippen LogP contribution in [0.15, 0.2) is 30.5 Å². The molecule has 12 nitrogen and oxygen atoms in total. The Labute approximate surface area is 225 Å². The third-order valence-electron chi connectivity index (χ3n) is 6.37. The Balaban J connectivity index is 2.23. The molecule has 0 saturated carbocycles. The van der Waals surface area contributed by atoms with Crippen LogP contribution >= 0.6 is 12.6 Å². The van der Waals surface area contributed by atoms with E-state index in [9.17, 15) is 29.1 Å². The number of aliphatic carboxylic acids is 2. The first-order valence-corrected chi connectivity index (χ1v) is 12.9. The Bertz CT molecular complexity index is 1150. The molecule has 5 atom stereocenters. The molecule has 0 fully saturated rings. The van der Waals surface area contributed by atoms with Gasteiger partial charge in [0.1, 0.15) is 18.1 Å². The number of para-hydroxylation sites is 1. The van der Waals surface area contributed by atoms with Crippen molar-refractivity contribution in [1.29, 1.82) is 0 Å². The van der Waals surface area contributed by atoms with Gasteiger partial charge in [-0.3, -0.25) is 19.2 Å². The van der Waals surface area contributed by atoms with Crippen molar-refractivity contribution in [2.45, 2.75) is 63.7 Å². The van der Waals surface area contributed by atoms with Crippen LogP contribution < -0.4 is 21.7 Å². The molecule has 1 heterocycles. The summed E-state index contributed by atoms with van der Waals surface area (Å²) in [5.74, 6) is -5.00. The number of carbonyl (C=O) groups is 5. The van der Waals surface area contributed by atoms with E-state index in [2.05, 4.69) is 33.6 Å². The minimum atomic E-state index is -1.46. The van der Waals surface area contributed by atoms with Crippen LogP contribution in [0.3, 0.4) is 0 Å². The standard InChI is InChI=1S/C25H35N5O7S/c1-3-13(2)21(26)24(35)29-18(10-14-11-27-16-7-5-4-6-15(14)16)22(33)30-19(12-38)23(34)28-17(25(36)37)8-9-20(31)32/h4-7,11,13,17-19,21,27,38H,3,8-10,12,26H2,1-2H3,(H,28,34)(H,29,35)(H,30,33)(H,31,32)(H,36,37). The first-order chi connectivity index (χ1) is 18.0. The van der Waals surface area contributed by atoms with Gasteiger partial charge in [-0.1, -0.05) is 38.5 Å². The van der Waals surface area contributed by atoms with Gasteiger partial charge >= 0.3 is 11.9 Å². The Morgan fingerprint density at radius 2 is 1.58 bits per heavy atom. The molecule has 8 N–H and O–H groups in total. The summed E-state index contributed by atoms with van der Waals surface area (Å²) >= 11 is 4.11. The van der Waals surface area contributed by atoms with E-state index in [0.717, 1.165) is 16.5 Å². The number of aromatic nitrogens is 1. The van der Waals surface area contributed by atoms with Gasteiger partial charge in [0.15, 0.2) is 0 Å². The van der Waals surface area contributed by atoms with Crippen LogP contribution in [-0.4, -0.2) is 74.8 Å². The first-order valence-electron chi connectivity index (χ1n) is 12.3. The maximum absolute atomic E-state index is 13.3. The fraction of sp³-hybridized carbons (Fsp3) is 0.480. The minimum Gasteiger partial charge on any atom is -0.481 e.